The average Bonchev–Trinajstić information content (AvgIpc) is 2.69. The van der Waals surface area contributed by atoms with Crippen molar-refractivity contribution in [2.75, 3.05) is 38.0 Å². The van der Waals surface area contributed by atoms with E-state index in [1.165, 1.54) is 12.8 Å². The van der Waals surface area contributed by atoms with E-state index in [-0.39, 0.29) is 17.9 Å². The second-order valence-electron chi connectivity index (χ2n) is 7.37. The number of likely N-dealkylation sites (tertiary alicyclic amines) is 1. The number of hydrogen-bond acceptors (Lipinski definition) is 3. The molecule has 0 spiro atoms. The molecule has 2 heterocycles. The number of carbonyl (C=O) groups excluding carboxylic acids is 2. The van der Waals surface area contributed by atoms with Crippen LogP contribution in [0.2, 0.25) is 0 Å². The monoisotopic (exact) mass is 358 g/mol. The van der Waals surface area contributed by atoms with Gasteiger partial charge in [0, 0.05) is 25.3 Å². The standard InChI is InChI=1S/C20H30N4O2/c25-19(22-12-10-16-6-4-11-21-14-16)17-7-5-13-24(15-17)20(26)23-18-8-2-1-3-9-18/h1-3,8-9,16-17,21H,4-7,10-15H2,(H,22,25)(H,23,26). The molecular formula is C20H30N4O2. The Hall–Kier alpha value is -2.08. The molecule has 1 aromatic rings. The third-order valence-electron chi connectivity index (χ3n) is 5.36. The van der Waals surface area contributed by atoms with Crippen LogP contribution in [0.1, 0.15) is 32.1 Å². The van der Waals surface area contributed by atoms with Crippen LogP contribution in [0.5, 0.6) is 0 Å². The van der Waals surface area contributed by atoms with Crippen LogP contribution in [0.4, 0.5) is 10.5 Å². The molecule has 3 N–H and O–H groups in total. The minimum atomic E-state index is -0.123. The first-order valence-electron chi connectivity index (χ1n) is 9.82. The largest absolute Gasteiger partial charge is 0.356 e. The van der Waals surface area contributed by atoms with Crippen molar-refractivity contribution in [2.45, 2.75) is 32.1 Å². The molecule has 2 fully saturated rings. The molecule has 2 unspecified atom stereocenters. The zero-order chi connectivity index (χ0) is 18.2. The van der Waals surface area contributed by atoms with E-state index in [1.807, 2.05) is 30.3 Å². The fourth-order valence-corrected chi connectivity index (χ4v) is 3.81. The number of rotatable bonds is 5. The van der Waals surface area contributed by atoms with Crippen LogP contribution in [-0.4, -0.2) is 49.6 Å². The summed E-state index contributed by atoms with van der Waals surface area (Å²) in [5, 5.41) is 9.40. The minimum absolute atomic E-state index is 0.0889. The first kappa shape index (κ1) is 18.7. The smallest absolute Gasteiger partial charge is 0.321 e. The Balaban J connectivity index is 1.42. The number of hydrogen-bond donors (Lipinski definition) is 3. The zero-order valence-corrected chi connectivity index (χ0v) is 15.4. The van der Waals surface area contributed by atoms with E-state index in [0.29, 0.717) is 19.0 Å². The SMILES string of the molecule is O=C(NCCC1CCCNC1)C1CCCN(C(=O)Nc2ccccc2)C1. The number of nitrogens with one attached hydrogen (secondary N) is 3. The molecule has 6 nitrogen and oxygen atoms in total. The van der Waals surface area contributed by atoms with Gasteiger partial charge in [0.1, 0.15) is 0 Å². The Morgan fingerprint density at radius 3 is 2.77 bits per heavy atom. The zero-order valence-electron chi connectivity index (χ0n) is 15.4. The topological polar surface area (TPSA) is 73.5 Å². The predicted molar refractivity (Wildman–Crippen MR) is 103 cm³/mol. The van der Waals surface area contributed by atoms with Crippen molar-refractivity contribution in [1.82, 2.24) is 15.5 Å². The Kier molecular flexibility index (Phi) is 6.89. The molecule has 142 valence electrons. The molecule has 2 saturated heterocycles. The molecule has 0 radical (unpaired) electrons. The summed E-state index contributed by atoms with van der Waals surface area (Å²) in [4.78, 5) is 26.7. The molecule has 3 rings (SSSR count). The molecule has 1 aromatic carbocycles. The Bertz CT molecular complexity index is 587. The maximum absolute atomic E-state index is 12.5. The molecule has 0 bridgehead atoms. The van der Waals surface area contributed by atoms with E-state index < -0.39 is 0 Å². The quantitative estimate of drug-likeness (QED) is 0.757. The lowest BCUT2D eigenvalue weighted by Gasteiger charge is -2.32. The van der Waals surface area contributed by atoms with Gasteiger partial charge in [0.15, 0.2) is 0 Å². The molecule has 0 aliphatic carbocycles. The molecule has 0 aromatic heterocycles. The first-order chi connectivity index (χ1) is 12.7. The van der Waals surface area contributed by atoms with Gasteiger partial charge < -0.3 is 20.9 Å². The van der Waals surface area contributed by atoms with E-state index in [9.17, 15) is 9.59 Å². The molecule has 2 atom stereocenters. The molecule has 0 saturated carbocycles. The van der Waals surface area contributed by atoms with E-state index in [2.05, 4.69) is 16.0 Å². The van der Waals surface area contributed by atoms with Crippen molar-refractivity contribution >= 4 is 17.6 Å². The first-order valence-corrected chi connectivity index (χ1v) is 9.82. The van der Waals surface area contributed by atoms with Crippen molar-refractivity contribution < 1.29 is 9.59 Å². The van der Waals surface area contributed by atoms with Crippen LogP contribution < -0.4 is 16.0 Å². The number of amides is 3. The molecule has 6 heteroatoms. The van der Waals surface area contributed by atoms with Crippen molar-refractivity contribution in [2.24, 2.45) is 11.8 Å². The molecule has 26 heavy (non-hydrogen) atoms. The third kappa shape index (κ3) is 5.46. The van der Waals surface area contributed by atoms with Gasteiger partial charge in [0.05, 0.1) is 5.92 Å². The number of piperidine rings is 2. The van der Waals surface area contributed by atoms with Gasteiger partial charge in [-0.1, -0.05) is 18.2 Å². The van der Waals surface area contributed by atoms with Crippen LogP contribution in [0.25, 0.3) is 0 Å². The summed E-state index contributed by atoms with van der Waals surface area (Å²) in [5.41, 5.74) is 0.783. The van der Waals surface area contributed by atoms with E-state index in [1.54, 1.807) is 4.90 Å². The highest BCUT2D eigenvalue weighted by Gasteiger charge is 2.28. The summed E-state index contributed by atoms with van der Waals surface area (Å²) in [6, 6.07) is 9.31. The summed E-state index contributed by atoms with van der Waals surface area (Å²) >= 11 is 0. The van der Waals surface area contributed by atoms with Crippen LogP contribution >= 0.6 is 0 Å². The van der Waals surface area contributed by atoms with Crippen LogP contribution in [0, 0.1) is 11.8 Å². The predicted octanol–water partition coefficient (Wildman–Crippen LogP) is 2.44. The second-order valence-corrected chi connectivity index (χ2v) is 7.37. The molecule has 2 aliphatic rings. The fourth-order valence-electron chi connectivity index (χ4n) is 3.81. The Labute approximate surface area is 155 Å². The van der Waals surface area contributed by atoms with Crippen molar-refractivity contribution in [3.05, 3.63) is 30.3 Å². The van der Waals surface area contributed by atoms with E-state index in [0.717, 1.165) is 44.6 Å². The van der Waals surface area contributed by atoms with Gasteiger partial charge in [-0.05, 0) is 63.2 Å². The normalized spacial score (nSPS) is 23.3. The number of urea groups is 1. The molecule has 3 amide bonds. The maximum atomic E-state index is 12.5. The number of para-hydroxylation sites is 1. The summed E-state index contributed by atoms with van der Waals surface area (Å²) in [7, 11) is 0. The van der Waals surface area contributed by atoms with Gasteiger partial charge in [0.25, 0.3) is 0 Å². The second kappa shape index (κ2) is 9.57. The minimum Gasteiger partial charge on any atom is -0.356 e. The summed E-state index contributed by atoms with van der Waals surface area (Å²) in [6.45, 7) is 4.11. The lowest BCUT2D eigenvalue weighted by molar-refractivity contribution is -0.126. The average molecular weight is 358 g/mol. The lowest BCUT2D eigenvalue weighted by Crippen LogP contribution is -2.47. The van der Waals surface area contributed by atoms with Gasteiger partial charge in [-0.2, -0.15) is 0 Å². The third-order valence-corrected chi connectivity index (χ3v) is 5.36. The van der Waals surface area contributed by atoms with Crippen molar-refractivity contribution in [3.8, 4) is 0 Å². The summed E-state index contributed by atoms with van der Waals surface area (Å²) in [6.07, 6.45) is 5.23. The fraction of sp³-hybridized carbons (Fsp3) is 0.600. The van der Waals surface area contributed by atoms with Gasteiger partial charge in [-0.3, -0.25) is 4.79 Å². The number of anilines is 1. The maximum Gasteiger partial charge on any atom is 0.321 e. The van der Waals surface area contributed by atoms with Crippen molar-refractivity contribution in [1.29, 1.82) is 0 Å². The van der Waals surface area contributed by atoms with Crippen LogP contribution in [0.3, 0.4) is 0 Å². The Morgan fingerprint density at radius 1 is 1.15 bits per heavy atom. The lowest BCUT2D eigenvalue weighted by atomic mass is 9.95. The molecule has 2 aliphatic heterocycles. The highest BCUT2D eigenvalue weighted by atomic mass is 16.2. The highest BCUT2D eigenvalue weighted by molar-refractivity contribution is 5.90. The number of carbonyl (C=O) groups is 2. The van der Waals surface area contributed by atoms with E-state index in [4.69, 9.17) is 0 Å². The summed E-state index contributed by atoms with van der Waals surface area (Å²) < 4.78 is 0. The van der Waals surface area contributed by atoms with Gasteiger partial charge >= 0.3 is 6.03 Å². The summed E-state index contributed by atoms with van der Waals surface area (Å²) in [5.74, 6) is 0.657. The van der Waals surface area contributed by atoms with Crippen LogP contribution in [0.15, 0.2) is 30.3 Å². The van der Waals surface area contributed by atoms with Gasteiger partial charge in [0.2, 0.25) is 5.91 Å². The number of benzene rings is 1. The van der Waals surface area contributed by atoms with Gasteiger partial charge in [-0.15, -0.1) is 0 Å². The van der Waals surface area contributed by atoms with Gasteiger partial charge in [-0.25, -0.2) is 4.79 Å². The number of nitrogens with zero attached hydrogens (tertiary/aromatic N) is 1. The Morgan fingerprint density at radius 2 is 2.00 bits per heavy atom. The van der Waals surface area contributed by atoms with Crippen molar-refractivity contribution in [3.63, 3.8) is 0 Å². The van der Waals surface area contributed by atoms with Crippen LogP contribution in [-0.2, 0) is 4.79 Å². The highest BCUT2D eigenvalue weighted by Crippen LogP contribution is 2.18. The molecular weight excluding hydrogens is 328 g/mol. The van der Waals surface area contributed by atoms with E-state index >= 15 is 0 Å².